The Hall–Kier alpha value is -0.770. The molecule has 1 amide bonds. The van der Waals surface area contributed by atoms with E-state index in [2.05, 4.69) is 24.1 Å². The number of piperidine rings is 1. The Morgan fingerprint density at radius 1 is 1.40 bits per heavy atom. The van der Waals surface area contributed by atoms with E-state index in [1.807, 2.05) is 20.8 Å². The van der Waals surface area contributed by atoms with Gasteiger partial charge in [0.2, 0.25) is 0 Å². The molecule has 1 aliphatic heterocycles. The number of nitrogens with zero attached hydrogens (tertiary/aromatic N) is 1. The van der Waals surface area contributed by atoms with Gasteiger partial charge < -0.3 is 15.0 Å². The summed E-state index contributed by atoms with van der Waals surface area (Å²) < 4.78 is 5.31. The van der Waals surface area contributed by atoms with Crippen LogP contribution in [0.1, 0.15) is 66.7 Å². The van der Waals surface area contributed by atoms with Crippen LogP contribution in [0.4, 0.5) is 4.79 Å². The molecule has 20 heavy (non-hydrogen) atoms. The molecule has 0 aliphatic carbocycles. The number of amides is 1. The summed E-state index contributed by atoms with van der Waals surface area (Å²) in [6.07, 6.45) is 5.78. The van der Waals surface area contributed by atoms with Gasteiger partial charge in [-0.1, -0.05) is 13.3 Å². The van der Waals surface area contributed by atoms with Crippen LogP contribution in [0.2, 0.25) is 0 Å². The van der Waals surface area contributed by atoms with Gasteiger partial charge in [-0.25, -0.2) is 4.79 Å². The minimum absolute atomic E-state index is 0.160. The second-order valence-electron chi connectivity index (χ2n) is 6.97. The summed E-state index contributed by atoms with van der Waals surface area (Å²) in [4.78, 5) is 14.4. The van der Waals surface area contributed by atoms with Crippen LogP contribution >= 0.6 is 0 Å². The van der Waals surface area contributed by atoms with E-state index in [-0.39, 0.29) is 12.1 Å². The summed E-state index contributed by atoms with van der Waals surface area (Å²) in [6, 6.07) is 0.765. The molecule has 4 nitrogen and oxygen atoms in total. The molecular formula is C16H32N2O2. The van der Waals surface area contributed by atoms with Crippen molar-refractivity contribution in [2.45, 2.75) is 84.4 Å². The van der Waals surface area contributed by atoms with Gasteiger partial charge in [0.15, 0.2) is 0 Å². The van der Waals surface area contributed by atoms with Crippen LogP contribution < -0.4 is 5.32 Å². The highest BCUT2D eigenvalue weighted by atomic mass is 16.6. The fraction of sp³-hybridized carbons (Fsp3) is 0.938. The summed E-state index contributed by atoms with van der Waals surface area (Å²) in [5.74, 6) is 0. The fourth-order valence-corrected chi connectivity index (χ4v) is 2.88. The lowest BCUT2D eigenvalue weighted by Gasteiger charge is -2.37. The first kappa shape index (κ1) is 17.3. The second-order valence-corrected chi connectivity index (χ2v) is 6.97. The molecule has 1 saturated heterocycles. The number of carbonyl (C=O) groups is 1. The molecule has 0 aromatic carbocycles. The van der Waals surface area contributed by atoms with Crippen molar-refractivity contribution in [1.29, 1.82) is 0 Å². The Bertz CT molecular complexity index is 297. The Labute approximate surface area is 124 Å². The van der Waals surface area contributed by atoms with Gasteiger partial charge in [0.1, 0.15) is 5.60 Å². The number of likely N-dealkylation sites (tertiary alicyclic amines) is 1. The lowest BCUT2D eigenvalue weighted by atomic mass is 9.96. The van der Waals surface area contributed by atoms with Crippen LogP contribution in [0.25, 0.3) is 0 Å². The monoisotopic (exact) mass is 284 g/mol. The van der Waals surface area contributed by atoms with E-state index in [0.29, 0.717) is 6.04 Å². The van der Waals surface area contributed by atoms with Crippen molar-refractivity contribution in [2.75, 3.05) is 13.1 Å². The lowest BCUT2D eigenvalue weighted by Crippen LogP contribution is -2.45. The normalized spacial score (nSPS) is 22.4. The summed E-state index contributed by atoms with van der Waals surface area (Å²) in [5.41, 5.74) is -0.428. The maximum Gasteiger partial charge on any atom is 0.407 e. The zero-order chi connectivity index (χ0) is 15.2. The highest BCUT2D eigenvalue weighted by Crippen LogP contribution is 2.21. The SMILES string of the molecule is CCCN1CCCCC1CC(C)NC(=O)OC(C)(C)C. The molecule has 1 N–H and O–H groups in total. The summed E-state index contributed by atoms with van der Waals surface area (Å²) in [7, 11) is 0. The Kier molecular flexibility index (Phi) is 6.80. The Morgan fingerprint density at radius 2 is 2.10 bits per heavy atom. The van der Waals surface area contributed by atoms with E-state index >= 15 is 0 Å². The number of hydrogen-bond donors (Lipinski definition) is 1. The number of rotatable bonds is 5. The quantitative estimate of drug-likeness (QED) is 0.839. The second kappa shape index (κ2) is 7.87. The molecule has 4 heteroatoms. The molecule has 0 bridgehead atoms. The van der Waals surface area contributed by atoms with E-state index < -0.39 is 5.60 Å². The summed E-state index contributed by atoms with van der Waals surface area (Å²) >= 11 is 0. The zero-order valence-electron chi connectivity index (χ0n) is 13.9. The van der Waals surface area contributed by atoms with E-state index in [4.69, 9.17) is 4.74 Å². The van der Waals surface area contributed by atoms with Gasteiger partial charge >= 0.3 is 6.09 Å². The van der Waals surface area contributed by atoms with Crippen molar-refractivity contribution >= 4 is 6.09 Å². The molecule has 1 aliphatic rings. The van der Waals surface area contributed by atoms with E-state index in [0.717, 1.165) is 6.42 Å². The standard InChI is InChI=1S/C16H32N2O2/c1-6-10-18-11-8-7-9-14(18)12-13(2)17-15(19)20-16(3,4)5/h13-14H,6-12H2,1-5H3,(H,17,19). The fourth-order valence-electron chi connectivity index (χ4n) is 2.88. The first-order chi connectivity index (χ1) is 9.31. The number of carbonyl (C=O) groups excluding carboxylic acids is 1. The molecule has 1 rings (SSSR count). The van der Waals surface area contributed by atoms with Crippen molar-refractivity contribution in [3.05, 3.63) is 0 Å². The van der Waals surface area contributed by atoms with Gasteiger partial charge in [0.25, 0.3) is 0 Å². The molecule has 0 saturated carbocycles. The van der Waals surface area contributed by atoms with E-state index in [1.54, 1.807) is 0 Å². The molecule has 2 atom stereocenters. The topological polar surface area (TPSA) is 41.6 Å². The smallest absolute Gasteiger partial charge is 0.407 e. The predicted molar refractivity (Wildman–Crippen MR) is 83.0 cm³/mol. The van der Waals surface area contributed by atoms with Gasteiger partial charge in [-0.2, -0.15) is 0 Å². The average Bonchev–Trinajstić information content (AvgIpc) is 2.29. The number of ether oxygens (including phenoxy) is 1. The van der Waals surface area contributed by atoms with Gasteiger partial charge in [-0.3, -0.25) is 0 Å². The number of nitrogens with one attached hydrogen (secondary N) is 1. The molecule has 118 valence electrons. The number of alkyl carbamates (subject to hydrolysis) is 1. The molecule has 0 aromatic rings. The lowest BCUT2D eigenvalue weighted by molar-refractivity contribution is 0.0489. The third kappa shape index (κ3) is 6.60. The predicted octanol–water partition coefficient (Wildman–Crippen LogP) is 3.55. The van der Waals surface area contributed by atoms with Crippen LogP contribution in [0.15, 0.2) is 0 Å². The van der Waals surface area contributed by atoms with E-state index in [1.165, 1.54) is 38.8 Å². The van der Waals surface area contributed by atoms with Crippen LogP contribution in [0.3, 0.4) is 0 Å². The van der Waals surface area contributed by atoms with Gasteiger partial charge in [-0.15, -0.1) is 0 Å². The minimum Gasteiger partial charge on any atom is -0.444 e. The van der Waals surface area contributed by atoms with Crippen LogP contribution in [-0.4, -0.2) is 41.8 Å². The molecule has 0 radical (unpaired) electrons. The third-order valence-corrected chi connectivity index (χ3v) is 3.65. The molecule has 0 aromatic heterocycles. The third-order valence-electron chi connectivity index (χ3n) is 3.65. The molecular weight excluding hydrogens is 252 g/mol. The van der Waals surface area contributed by atoms with Crippen molar-refractivity contribution < 1.29 is 9.53 Å². The molecule has 1 fully saturated rings. The average molecular weight is 284 g/mol. The maximum absolute atomic E-state index is 11.8. The maximum atomic E-state index is 11.8. The first-order valence-electron chi connectivity index (χ1n) is 8.05. The van der Waals surface area contributed by atoms with Crippen LogP contribution in [0.5, 0.6) is 0 Å². The van der Waals surface area contributed by atoms with E-state index in [9.17, 15) is 4.79 Å². The van der Waals surface area contributed by atoms with Crippen LogP contribution in [-0.2, 0) is 4.74 Å². The van der Waals surface area contributed by atoms with Gasteiger partial charge in [0, 0.05) is 12.1 Å². The summed E-state index contributed by atoms with van der Waals surface area (Å²) in [6.45, 7) is 12.3. The van der Waals surface area contributed by atoms with Gasteiger partial charge in [0.05, 0.1) is 0 Å². The largest absolute Gasteiger partial charge is 0.444 e. The molecule has 1 heterocycles. The summed E-state index contributed by atoms with van der Waals surface area (Å²) in [5, 5.41) is 2.96. The highest BCUT2D eigenvalue weighted by molar-refractivity contribution is 5.68. The molecule has 0 spiro atoms. The first-order valence-corrected chi connectivity index (χ1v) is 8.05. The zero-order valence-corrected chi connectivity index (χ0v) is 13.9. The van der Waals surface area contributed by atoms with Crippen molar-refractivity contribution in [1.82, 2.24) is 10.2 Å². The number of hydrogen-bond acceptors (Lipinski definition) is 3. The van der Waals surface area contributed by atoms with Crippen LogP contribution in [0, 0.1) is 0 Å². The van der Waals surface area contributed by atoms with Crippen molar-refractivity contribution in [2.24, 2.45) is 0 Å². The van der Waals surface area contributed by atoms with Gasteiger partial charge in [-0.05, 0) is 66.5 Å². The minimum atomic E-state index is -0.428. The van der Waals surface area contributed by atoms with Crippen molar-refractivity contribution in [3.8, 4) is 0 Å². The van der Waals surface area contributed by atoms with Crippen molar-refractivity contribution in [3.63, 3.8) is 0 Å². The Balaban J connectivity index is 2.39. The highest BCUT2D eigenvalue weighted by Gasteiger charge is 2.25. The molecule has 2 unspecified atom stereocenters. The Morgan fingerprint density at radius 3 is 2.70 bits per heavy atom.